The second-order valence-corrected chi connectivity index (χ2v) is 8.72. The number of nitrogens with one attached hydrogen (secondary N) is 1. The predicted molar refractivity (Wildman–Crippen MR) is 122 cm³/mol. The molecule has 0 radical (unpaired) electrons. The highest BCUT2D eigenvalue weighted by Crippen LogP contribution is 2.21. The van der Waals surface area contributed by atoms with Gasteiger partial charge in [-0.05, 0) is 77.0 Å². The highest BCUT2D eigenvalue weighted by Gasteiger charge is 2.21. The third-order valence-corrected chi connectivity index (χ3v) is 5.53. The predicted octanol–water partition coefficient (Wildman–Crippen LogP) is 4.24. The summed E-state index contributed by atoms with van der Waals surface area (Å²) < 4.78 is 1.10. The second kappa shape index (κ2) is 9.41. The first-order chi connectivity index (χ1) is 13.4. The van der Waals surface area contributed by atoms with Crippen LogP contribution in [0.25, 0.3) is 0 Å². The van der Waals surface area contributed by atoms with E-state index in [1.165, 1.54) is 0 Å². The summed E-state index contributed by atoms with van der Waals surface area (Å²) >= 11 is 2.22. The van der Waals surface area contributed by atoms with E-state index in [2.05, 4.69) is 46.7 Å². The summed E-state index contributed by atoms with van der Waals surface area (Å²) in [6.07, 6.45) is 0.620. The van der Waals surface area contributed by atoms with E-state index in [-0.39, 0.29) is 11.8 Å². The number of carbonyl (C=O) groups is 2. The maximum absolute atomic E-state index is 12.3. The van der Waals surface area contributed by atoms with Gasteiger partial charge in [-0.1, -0.05) is 13.8 Å². The molecule has 0 aromatic heterocycles. The van der Waals surface area contributed by atoms with Crippen molar-refractivity contribution in [3.05, 3.63) is 57.7 Å². The van der Waals surface area contributed by atoms with Gasteiger partial charge in [-0.2, -0.15) is 0 Å². The Hall–Kier alpha value is -2.09. The van der Waals surface area contributed by atoms with Crippen LogP contribution in [0.2, 0.25) is 0 Å². The van der Waals surface area contributed by atoms with Gasteiger partial charge in [-0.15, -0.1) is 0 Å². The molecule has 0 bridgehead atoms. The van der Waals surface area contributed by atoms with E-state index in [0.29, 0.717) is 17.9 Å². The van der Waals surface area contributed by atoms with Crippen molar-refractivity contribution in [2.45, 2.75) is 20.3 Å². The molecule has 3 rings (SSSR count). The Kier molecular flexibility index (Phi) is 6.93. The van der Waals surface area contributed by atoms with E-state index in [1.807, 2.05) is 53.4 Å². The number of hydrogen-bond donors (Lipinski definition) is 1. The van der Waals surface area contributed by atoms with Crippen molar-refractivity contribution in [1.29, 1.82) is 0 Å². The molecule has 5 nitrogen and oxygen atoms in total. The largest absolute Gasteiger partial charge is 0.368 e. The van der Waals surface area contributed by atoms with Crippen LogP contribution in [0.3, 0.4) is 0 Å². The summed E-state index contributed by atoms with van der Waals surface area (Å²) in [5.41, 5.74) is 2.54. The highest BCUT2D eigenvalue weighted by atomic mass is 127. The van der Waals surface area contributed by atoms with Gasteiger partial charge in [0.1, 0.15) is 0 Å². The van der Waals surface area contributed by atoms with Gasteiger partial charge in [0.2, 0.25) is 5.91 Å². The minimum atomic E-state index is -0.110. The molecule has 6 heteroatoms. The lowest BCUT2D eigenvalue weighted by molar-refractivity contribution is -0.132. The van der Waals surface area contributed by atoms with Crippen LogP contribution in [0.15, 0.2) is 48.5 Å². The molecule has 0 saturated carbocycles. The number of piperazine rings is 1. The van der Waals surface area contributed by atoms with Crippen LogP contribution in [-0.2, 0) is 4.79 Å². The quantitative estimate of drug-likeness (QED) is 0.637. The fraction of sp³-hybridized carbons (Fsp3) is 0.364. The molecule has 1 heterocycles. The Balaban J connectivity index is 1.54. The lowest BCUT2D eigenvalue weighted by Gasteiger charge is -2.36. The minimum Gasteiger partial charge on any atom is -0.368 e. The van der Waals surface area contributed by atoms with Crippen molar-refractivity contribution in [3.8, 4) is 0 Å². The van der Waals surface area contributed by atoms with Crippen molar-refractivity contribution in [2.24, 2.45) is 5.92 Å². The van der Waals surface area contributed by atoms with Crippen LogP contribution in [0.1, 0.15) is 30.6 Å². The SMILES string of the molecule is CC(C)CC(=O)N1CCN(c2ccc(NC(=O)c3ccc(I)cc3)cc2)CC1. The number of rotatable bonds is 5. The number of carbonyl (C=O) groups excluding carboxylic acids is 2. The van der Waals surface area contributed by atoms with Crippen LogP contribution in [0, 0.1) is 9.49 Å². The van der Waals surface area contributed by atoms with E-state index in [4.69, 9.17) is 0 Å². The Morgan fingerprint density at radius 1 is 0.964 bits per heavy atom. The number of amides is 2. The van der Waals surface area contributed by atoms with Gasteiger partial charge in [-0.25, -0.2) is 0 Å². The summed E-state index contributed by atoms with van der Waals surface area (Å²) in [7, 11) is 0. The number of anilines is 2. The van der Waals surface area contributed by atoms with Crippen LogP contribution in [-0.4, -0.2) is 42.9 Å². The molecule has 0 atom stereocenters. The molecule has 1 N–H and O–H groups in total. The summed E-state index contributed by atoms with van der Waals surface area (Å²) in [6.45, 7) is 7.34. The molecular weight excluding hydrogens is 465 g/mol. The van der Waals surface area contributed by atoms with E-state index < -0.39 is 0 Å². The first kappa shape index (κ1) is 20.6. The average molecular weight is 491 g/mol. The number of benzene rings is 2. The zero-order chi connectivity index (χ0) is 20.1. The number of hydrogen-bond acceptors (Lipinski definition) is 3. The smallest absolute Gasteiger partial charge is 0.255 e. The van der Waals surface area contributed by atoms with Crippen LogP contribution in [0.5, 0.6) is 0 Å². The average Bonchev–Trinajstić information content (AvgIpc) is 2.68. The monoisotopic (exact) mass is 491 g/mol. The first-order valence-electron chi connectivity index (χ1n) is 9.62. The van der Waals surface area contributed by atoms with Crippen LogP contribution in [0.4, 0.5) is 11.4 Å². The summed E-state index contributed by atoms with van der Waals surface area (Å²) in [6, 6.07) is 15.4. The molecule has 2 amide bonds. The molecule has 0 unspecified atom stereocenters. The molecule has 0 aliphatic carbocycles. The van der Waals surface area contributed by atoms with Gasteiger partial charge in [0.05, 0.1) is 0 Å². The molecule has 2 aromatic carbocycles. The number of nitrogens with zero attached hydrogens (tertiary/aromatic N) is 2. The third kappa shape index (κ3) is 5.47. The molecular formula is C22H26IN3O2. The highest BCUT2D eigenvalue weighted by molar-refractivity contribution is 14.1. The van der Waals surface area contributed by atoms with Crippen molar-refractivity contribution in [2.75, 3.05) is 36.4 Å². The van der Waals surface area contributed by atoms with Crippen molar-refractivity contribution in [1.82, 2.24) is 4.90 Å². The Morgan fingerprint density at radius 3 is 2.14 bits per heavy atom. The summed E-state index contributed by atoms with van der Waals surface area (Å²) in [4.78, 5) is 28.8. The summed E-state index contributed by atoms with van der Waals surface area (Å²) in [5, 5.41) is 2.94. The van der Waals surface area contributed by atoms with Gasteiger partial charge < -0.3 is 15.1 Å². The lowest BCUT2D eigenvalue weighted by atomic mass is 10.1. The van der Waals surface area contributed by atoms with Gasteiger partial charge in [0, 0.05) is 53.1 Å². The van der Waals surface area contributed by atoms with Gasteiger partial charge in [0.15, 0.2) is 0 Å². The first-order valence-corrected chi connectivity index (χ1v) is 10.7. The zero-order valence-corrected chi connectivity index (χ0v) is 18.5. The van der Waals surface area contributed by atoms with E-state index in [9.17, 15) is 9.59 Å². The van der Waals surface area contributed by atoms with Crippen molar-refractivity contribution < 1.29 is 9.59 Å². The zero-order valence-electron chi connectivity index (χ0n) is 16.3. The minimum absolute atomic E-state index is 0.110. The molecule has 148 valence electrons. The number of halogens is 1. The van der Waals surface area contributed by atoms with E-state index in [0.717, 1.165) is 41.1 Å². The molecule has 0 spiro atoms. The Labute approximate surface area is 180 Å². The Morgan fingerprint density at radius 2 is 1.57 bits per heavy atom. The van der Waals surface area contributed by atoms with Crippen molar-refractivity contribution >= 4 is 45.8 Å². The lowest BCUT2D eigenvalue weighted by Crippen LogP contribution is -2.49. The van der Waals surface area contributed by atoms with Gasteiger partial charge >= 0.3 is 0 Å². The molecule has 28 heavy (non-hydrogen) atoms. The third-order valence-electron chi connectivity index (χ3n) is 4.81. The van der Waals surface area contributed by atoms with E-state index in [1.54, 1.807) is 0 Å². The fourth-order valence-corrected chi connectivity index (χ4v) is 3.61. The molecule has 1 saturated heterocycles. The fourth-order valence-electron chi connectivity index (χ4n) is 3.25. The normalized spacial score (nSPS) is 14.3. The maximum Gasteiger partial charge on any atom is 0.255 e. The van der Waals surface area contributed by atoms with Crippen LogP contribution >= 0.6 is 22.6 Å². The van der Waals surface area contributed by atoms with Crippen LogP contribution < -0.4 is 10.2 Å². The Bertz CT molecular complexity index is 811. The molecule has 1 aliphatic rings. The van der Waals surface area contributed by atoms with Crippen molar-refractivity contribution in [3.63, 3.8) is 0 Å². The van der Waals surface area contributed by atoms with Gasteiger partial charge in [-0.3, -0.25) is 9.59 Å². The standard InChI is InChI=1S/C22H26IN3O2/c1-16(2)15-21(27)26-13-11-25(12-14-26)20-9-7-19(8-10-20)24-22(28)17-3-5-18(23)6-4-17/h3-10,16H,11-15H2,1-2H3,(H,24,28). The van der Waals surface area contributed by atoms with Gasteiger partial charge in [0.25, 0.3) is 5.91 Å². The maximum atomic E-state index is 12.3. The van der Waals surface area contributed by atoms with E-state index >= 15 is 0 Å². The topological polar surface area (TPSA) is 52.7 Å². The second-order valence-electron chi connectivity index (χ2n) is 7.47. The summed E-state index contributed by atoms with van der Waals surface area (Å²) in [5.74, 6) is 0.539. The molecule has 1 fully saturated rings. The molecule has 2 aromatic rings. The molecule has 1 aliphatic heterocycles.